The molecule has 1 fully saturated rings. The number of hydrogen-bond donors (Lipinski definition) is 0. The number of halogens is 3. The minimum absolute atomic E-state index is 0.0870. The highest BCUT2D eigenvalue weighted by atomic mass is 35.5. The molecule has 0 unspecified atom stereocenters. The number of sulfonamides is 1. The van der Waals surface area contributed by atoms with Gasteiger partial charge in [0.15, 0.2) is 0 Å². The Hall–Kier alpha value is -2.17. The van der Waals surface area contributed by atoms with Crippen LogP contribution in [0.2, 0.25) is 9.36 Å². The molecule has 0 spiro atoms. The molecule has 1 aliphatic heterocycles. The molecule has 1 aliphatic carbocycles. The molecule has 2 aromatic carbocycles. The molecule has 0 radical (unpaired) electrons. The maximum Gasteiger partial charge on any atom is 0.340 e. The second kappa shape index (κ2) is 10.8. The summed E-state index contributed by atoms with van der Waals surface area (Å²) in [4.78, 5) is 14.2. The number of esters is 1. The predicted molar refractivity (Wildman–Crippen MR) is 150 cm³/mol. The molecule has 11 heteroatoms. The minimum Gasteiger partial charge on any atom is -0.465 e. The molecule has 0 bridgehead atoms. The molecule has 1 atom stereocenters. The Bertz CT molecular complexity index is 1490. The van der Waals surface area contributed by atoms with E-state index in [2.05, 4.69) is 0 Å². The fourth-order valence-corrected chi connectivity index (χ4v) is 8.26. The fourth-order valence-electron chi connectivity index (χ4n) is 5.53. The van der Waals surface area contributed by atoms with Crippen LogP contribution in [0.3, 0.4) is 0 Å². The van der Waals surface area contributed by atoms with E-state index < -0.39 is 21.8 Å². The van der Waals surface area contributed by atoms with Gasteiger partial charge in [-0.3, -0.25) is 0 Å². The number of fused-ring (bicyclic) bond motifs is 1. The molecule has 38 heavy (non-hydrogen) atoms. The van der Waals surface area contributed by atoms with Crippen molar-refractivity contribution in [3.05, 3.63) is 62.5 Å². The summed E-state index contributed by atoms with van der Waals surface area (Å²) in [6, 6.07) is 8.66. The van der Waals surface area contributed by atoms with E-state index in [1.54, 1.807) is 13.1 Å². The lowest BCUT2D eigenvalue weighted by molar-refractivity contribution is 0.0595. The molecule has 0 amide bonds. The normalized spacial score (nSPS) is 20.1. The second-order valence-electron chi connectivity index (χ2n) is 9.69. The van der Waals surface area contributed by atoms with Crippen LogP contribution in [0, 0.1) is 11.7 Å². The largest absolute Gasteiger partial charge is 0.465 e. The molecule has 0 N–H and O–H groups in total. The molecule has 5 rings (SSSR count). The van der Waals surface area contributed by atoms with Gasteiger partial charge in [-0.25, -0.2) is 17.6 Å². The van der Waals surface area contributed by atoms with Gasteiger partial charge in [0.2, 0.25) is 10.0 Å². The number of carbonyl (C=O) groups is 1. The third-order valence-corrected chi connectivity index (χ3v) is 10.9. The van der Waals surface area contributed by atoms with E-state index in [1.165, 1.54) is 41.0 Å². The number of carbonyl (C=O) groups excluding carboxylic acids is 1. The zero-order chi connectivity index (χ0) is 27.2. The number of hydrogen-bond acceptors (Lipinski definition) is 6. The Kier molecular flexibility index (Phi) is 7.77. The smallest absolute Gasteiger partial charge is 0.340 e. The van der Waals surface area contributed by atoms with E-state index in [-0.39, 0.29) is 27.4 Å². The van der Waals surface area contributed by atoms with Gasteiger partial charge < -0.3 is 9.64 Å². The molecule has 1 aromatic heterocycles. The first-order chi connectivity index (χ1) is 18.1. The summed E-state index contributed by atoms with van der Waals surface area (Å²) >= 11 is 14.4. The van der Waals surface area contributed by atoms with Gasteiger partial charge in [0.1, 0.15) is 10.7 Å². The average molecular weight is 598 g/mol. The first-order valence-corrected chi connectivity index (χ1v) is 15.4. The van der Waals surface area contributed by atoms with E-state index in [1.807, 2.05) is 16.3 Å². The predicted octanol–water partition coefficient (Wildman–Crippen LogP) is 7.37. The summed E-state index contributed by atoms with van der Waals surface area (Å²) in [5.74, 6) is -1.35. The molecule has 2 heterocycles. The highest BCUT2D eigenvalue weighted by Gasteiger charge is 2.41. The van der Waals surface area contributed by atoms with E-state index in [4.69, 9.17) is 27.9 Å². The number of ether oxygens (including phenoxy) is 1. The van der Waals surface area contributed by atoms with E-state index in [0.29, 0.717) is 27.7 Å². The first kappa shape index (κ1) is 27.4. The van der Waals surface area contributed by atoms with Crippen molar-refractivity contribution in [2.45, 2.75) is 43.0 Å². The Labute approximate surface area is 236 Å². The molecule has 1 saturated carbocycles. The summed E-state index contributed by atoms with van der Waals surface area (Å²) in [6.45, 7) is 0.458. The summed E-state index contributed by atoms with van der Waals surface area (Å²) in [5.41, 5.74) is 1.75. The Balaban J connectivity index is 1.70. The summed E-state index contributed by atoms with van der Waals surface area (Å²) in [6.07, 6.45) is 5.26. The Morgan fingerprint density at radius 3 is 2.50 bits per heavy atom. The monoisotopic (exact) mass is 596 g/mol. The summed E-state index contributed by atoms with van der Waals surface area (Å²) in [5, 5.41) is 2.18. The van der Waals surface area contributed by atoms with E-state index in [9.17, 15) is 17.6 Å². The van der Waals surface area contributed by atoms with E-state index >= 15 is 0 Å². The molecule has 2 aliphatic rings. The fraction of sp³-hybridized carbons (Fsp3) is 0.370. The molecule has 3 aromatic rings. The Morgan fingerprint density at radius 1 is 1.11 bits per heavy atom. The topological polar surface area (TPSA) is 66.9 Å². The van der Waals surface area contributed by atoms with Crippen LogP contribution in [-0.4, -0.2) is 45.4 Å². The van der Waals surface area contributed by atoms with Gasteiger partial charge in [-0.15, -0.1) is 11.3 Å². The van der Waals surface area contributed by atoms with Gasteiger partial charge >= 0.3 is 5.97 Å². The van der Waals surface area contributed by atoms with Crippen molar-refractivity contribution in [3.8, 4) is 11.1 Å². The van der Waals surface area contributed by atoms with Crippen LogP contribution in [0.1, 0.15) is 42.5 Å². The SMILES string of the molecule is COC(=O)c1cc(-c2cc3c(cc2Cl)N(c2csc(Cl)c2)C[C@@H](C2CCCCC2)N(C)S3(=O)=O)ccc1F. The van der Waals surface area contributed by atoms with Crippen LogP contribution in [0.5, 0.6) is 0 Å². The van der Waals surface area contributed by atoms with Gasteiger partial charge in [-0.1, -0.05) is 48.5 Å². The van der Waals surface area contributed by atoms with Crippen LogP contribution in [0.4, 0.5) is 15.8 Å². The standard InChI is InChI=1S/C27H27Cl2FN2O4S2/c1-31-24(16-6-4-3-5-7-16)14-32(18-11-26(29)37-15-18)23-13-21(28)19(12-25(23)38(31,34)35)17-8-9-22(30)20(10-17)27(33)36-2/h8-13,15-16,24H,3-7,14H2,1-2H3/t24-/m0/s1. The number of rotatable bonds is 4. The average Bonchev–Trinajstić information content (AvgIpc) is 3.32. The number of methoxy groups -OCH3 is 1. The zero-order valence-corrected chi connectivity index (χ0v) is 24.1. The van der Waals surface area contributed by atoms with Crippen LogP contribution in [-0.2, 0) is 14.8 Å². The first-order valence-electron chi connectivity index (χ1n) is 12.3. The number of nitrogens with zero attached hydrogens (tertiary/aromatic N) is 2. The lowest BCUT2D eigenvalue weighted by atomic mass is 9.83. The number of anilines is 2. The Morgan fingerprint density at radius 2 is 1.84 bits per heavy atom. The molecule has 0 saturated heterocycles. The maximum absolute atomic E-state index is 14.3. The highest BCUT2D eigenvalue weighted by molar-refractivity contribution is 7.89. The minimum atomic E-state index is -3.94. The van der Waals surface area contributed by atoms with Crippen molar-refractivity contribution in [1.29, 1.82) is 0 Å². The van der Waals surface area contributed by atoms with E-state index in [0.717, 1.165) is 43.9 Å². The zero-order valence-electron chi connectivity index (χ0n) is 20.9. The van der Waals surface area contributed by atoms with Crippen molar-refractivity contribution >= 4 is 61.9 Å². The van der Waals surface area contributed by atoms with Crippen molar-refractivity contribution in [1.82, 2.24) is 4.31 Å². The van der Waals surface area contributed by atoms with Gasteiger partial charge in [0, 0.05) is 30.6 Å². The van der Waals surface area contributed by atoms with Crippen molar-refractivity contribution in [2.24, 2.45) is 5.92 Å². The quantitative estimate of drug-likeness (QED) is 0.294. The van der Waals surface area contributed by atoms with Crippen LogP contribution >= 0.6 is 34.5 Å². The molecular weight excluding hydrogens is 570 g/mol. The lowest BCUT2D eigenvalue weighted by Crippen LogP contribution is -2.46. The number of benzene rings is 2. The van der Waals surface area contributed by atoms with Crippen molar-refractivity contribution < 1.29 is 22.3 Å². The second-order valence-corrected chi connectivity index (χ2v) is 13.6. The summed E-state index contributed by atoms with van der Waals surface area (Å²) in [7, 11) is -1.13. The van der Waals surface area contributed by atoms with Crippen molar-refractivity contribution in [2.75, 3.05) is 25.6 Å². The lowest BCUT2D eigenvalue weighted by Gasteiger charge is -2.36. The van der Waals surface area contributed by atoms with Gasteiger partial charge in [0.25, 0.3) is 0 Å². The molecular formula is C27H27Cl2FN2O4S2. The third-order valence-electron chi connectivity index (χ3n) is 7.58. The molecule has 6 nitrogen and oxygen atoms in total. The highest BCUT2D eigenvalue weighted by Crippen LogP contribution is 2.45. The van der Waals surface area contributed by atoms with Gasteiger partial charge in [-0.05, 0) is 54.7 Å². The third kappa shape index (κ3) is 4.95. The van der Waals surface area contributed by atoms with Crippen LogP contribution in [0.25, 0.3) is 11.1 Å². The summed E-state index contributed by atoms with van der Waals surface area (Å²) < 4.78 is 49.4. The van der Waals surface area contributed by atoms with Crippen LogP contribution in [0.15, 0.2) is 46.7 Å². The van der Waals surface area contributed by atoms with Crippen molar-refractivity contribution in [3.63, 3.8) is 0 Å². The number of likely N-dealkylation sites (N-methyl/N-ethyl adjacent to an activating group) is 1. The van der Waals surface area contributed by atoms with Gasteiger partial charge in [0.05, 0.1) is 33.4 Å². The van der Waals surface area contributed by atoms with Gasteiger partial charge in [-0.2, -0.15) is 4.31 Å². The maximum atomic E-state index is 14.3. The number of thiophene rings is 1. The molecule has 202 valence electrons. The van der Waals surface area contributed by atoms with Crippen LogP contribution < -0.4 is 4.90 Å².